The Morgan fingerprint density at radius 2 is 2.12 bits per heavy atom. The van der Waals surface area contributed by atoms with Crippen molar-refractivity contribution < 1.29 is 9.53 Å². The van der Waals surface area contributed by atoms with Crippen LogP contribution in [0, 0.1) is 6.92 Å². The van der Waals surface area contributed by atoms with E-state index in [1.54, 1.807) is 11.3 Å². The zero-order valence-corrected chi connectivity index (χ0v) is 10.0. The molecule has 0 aliphatic rings. The molecular weight excluding hydrogens is 220 g/mol. The molecule has 0 N–H and O–H groups in total. The normalized spacial score (nSPS) is 10.1. The predicted octanol–water partition coefficient (Wildman–Crippen LogP) is 3.51. The van der Waals surface area contributed by atoms with E-state index in [1.807, 2.05) is 36.6 Å². The first-order valence-electron chi connectivity index (χ1n) is 4.94. The van der Waals surface area contributed by atoms with Crippen LogP contribution in [0.3, 0.4) is 0 Å². The second-order valence-electron chi connectivity index (χ2n) is 3.56. The van der Waals surface area contributed by atoms with Crippen LogP contribution in [0.2, 0.25) is 0 Å². The molecule has 0 unspecified atom stereocenters. The number of benzene rings is 1. The van der Waals surface area contributed by atoms with Gasteiger partial charge in [-0.25, -0.2) is 4.79 Å². The zero-order valence-electron chi connectivity index (χ0n) is 9.19. The summed E-state index contributed by atoms with van der Waals surface area (Å²) in [5.41, 5.74) is 2.73. The molecule has 0 aliphatic heterocycles. The molecular formula is C13H12O2S. The van der Waals surface area contributed by atoms with Gasteiger partial charge in [-0.3, -0.25) is 0 Å². The van der Waals surface area contributed by atoms with E-state index >= 15 is 0 Å². The van der Waals surface area contributed by atoms with Gasteiger partial charge in [0.2, 0.25) is 0 Å². The fraction of sp³-hybridized carbons (Fsp3) is 0.154. The van der Waals surface area contributed by atoms with Crippen LogP contribution < -0.4 is 0 Å². The molecule has 82 valence electrons. The average molecular weight is 232 g/mol. The Kier molecular flexibility index (Phi) is 3.06. The van der Waals surface area contributed by atoms with E-state index < -0.39 is 0 Å². The van der Waals surface area contributed by atoms with E-state index in [0.29, 0.717) is 5.56 Å². The number of carbonyl (C=O) groups is 1. The Labute approximate surface area is 98.5 Å². The minimum absolute atomic E-state index is 0.290. The maximum absolute atomic E-state index is 11.5. The topological polar surface area (TPSA) is 26.3 Å². The highest BCUT2D eigenvalue weighted by atomic mass is 32.1. The molecule has 2 rings (SSSR count). The molecule has 1 aromatic carbocycles. The zero-order chi connectivity index (χ0) is 11.5. The minimum atomic E-state index is -0.290. The van der Waals surface area contributed by atoms with E-state index in [4.69, 9.17) is 4.74 Å². The molecule has 0 spiro atoms. The van der Waals surface area contributed by atoms with Crippen molar-refractivity contribution in [2.75, 3.05) is 7.11 Å². The van der Waals surface area contributed by atoms with Crippen molar-refractivity contribution >= 4 is 17.3 Å². The van der Waals surface area contributed by atoms with Gasteiger partial charge in [0.05, 0.1) is 12.7 Å². The number of methoxy groups -OCH3 is 1. The van der Waals surface area contributed by atoms with Gasteiger partial charge < -0.3 is 4.74 Å². The van der Waals surface area contributed by atoms with E-state index in [2.05, 4.69) is 6.07 Å². The largest absolute Gasteiger partial charge is 0.465 e. The van der Waals surface area contributed by atoms with Crippen molar-refractivity contribution in [2.45, 2.75) is 6.92 Å². The highest BCUT2D eigenvalue weighted by molar-refractivity contribution is 7.13. The summed E-state index contributed by atoms with van der Waals surface area (Å²) in [4.78, 5) is 12.6. The third-order valence-corrected chi connectivity index (χ3v) is 3.22. The minimum Gasteiger partial charge on any atom is -0.465 e. The van der Waals surface area contributed by atoms with Gasteiger partial charge in [0, 0.05) is 4.88 Å². The van der Waals surface area contributed by atoms with Crippen LogP contribution in [-0.2, 0) is 4.74 Å². The summed E-state index contributed by atoms with van der Waals surface area (Å²) in [5.74, 6) is -0.290. The molecule has 0 atom stereocenters. The molecule has 1 heterocycles. The number of thiophene rings is 1. The quantitative estimate of drug-likeness (QED) is 0.741. The molecule has 0 bridgehead atoms. The number of hydrogen-bond acceptors (Lipinski definition) is 3. The van der Waals surface area contributed by atoms with Crippen LogP contribution in [0.1, 0.15) is 15.9 Å². The first kappa shape index (κ1) is 10.9. The van der Waals surface area contributed by atoms with Gasteiger partial charge in [-0.15, -0.1) is 11.3 Å². The van der Waals surface area contributed by atoms with Crippen molar-refractivity contribution in [1.82, 2.24) is 0 Å². The molecule has 0 saturated heterocycles. The summed E-state index contributed by atoms with van der Waals surface area (Å²) in [5, 5.41) is 2.02. The Morgan fingerprint density at radius 3 is 2.75 bits per heavy atom. The number of esters is 1. The first-order valence-corrected chi connectivity index (χ1v) is 5.82. The van der Waals surface area contributed by atoms with Crippen LogP contribution >= 0.6 is 11.3 Å². The lowest BCUT2D eigenvalue weighted by Gasteiger charge is -2.04. The van der Waals surface area contributed by atoms with Gasteiger partial charge in [-0.1, -0.05) is 12.1 Å². The Balaban J connectivity index is 2.48. The summed E-state index contributed by atoms with van der Waals surface area (Å²) in [6.45, 7) is 1.98. The first-order chi connectivity index (χ1) is 7.70. The fourth-order valence-electron chi connectivity index (χ4n) is 1.60. The Morgan fingerprint density at radius 1 is 1.31 bits per heavy atom. The summed E-state index contributed by atoms with van der Waals surface area (Å²) in [7, 11) is 1.40. The molecule has 1 aromatic heterocycles. The molecule has 16 heavy (non-hydrogen) atoms. The van der Waals surface area contributed by atoms with Crippen LogP contribution in [0.25, 0.3) is 10.4 Å². The molecule has 2 nitrogen and oxygen atoms in total. The van der Waals surface area contributed by atoms with Crippen molar-refractivity contribution in [3.05, 3.63) is 46.8 Å². The molecule has 0 amide bonds. The van der Waals surface area contributed by atoms with E-state index in [-0.39, 0.29) is 5.97 Å². The number of rotatable bonds is 2. The van der Waals surface area contributed by atoms with E-state index in [1.165, 1.54) is 7.11 Å². The molecule has 0 aliphatic carbocycles. The summed E-state index contributed by atoms with van der Waals surface area (Å²) in [6.07, 6.45) is 0. The second kappa shape index (κ2) is 4.49. The maximum Gasteiger partial charge on any atom is 0.337 e. The lowest BCUT2D eigenvalue weighted by atomic mass is 10.1. The lowest BCUT2D eigenvalue weighted by Crippen LogP contribution is -2.01. The highest BCUT2D eigenvalue weighted by Crippen LogP contribution is 2.26. The van der Waals surface area contributed by atoms with Gasteiger partial charge in [0.25, 0.3) is 0 Å². The number of hydrogen-bond donors (Lipinski definition) is 0. The standard InChI is InChI=1S/C13H12O2S/c1-9-6-10(12-4-3-5-16-12)8-11(7-9)13(14)15-2/h3-8H,1-2H3. The fourth-order valence-corrected chi connectivity index (χ4v) is 2.32. The molecule has 0 fully saturated rings. The Hall–Kier alpha value is -1.61. The van der Waals surface area contributed by atoms with Crippen molar-refractivity contribution in [1.29, 1.82) is 0 Å². The van der Waals surface area contributed by atoms with E-state index in [0.717, 1.165) is 16.0 Å². The summed E-state index contributed by atoms with van der Waals surface area (Å²) in [6, 6.07) is 9.81. The van der Waals surface area contributed by atoms with Crippen molar-refractivity contribution in [2.24, 2.45) is 0 Å². The second-order valence-corrected chi connectivity index (χ2v) is 4.50. The molecule has 0 radical (unpaired) electrons. The number of aryl methyl sites for hydroxylation is 1. The predicted molar refractivity (Wildman–Crippen MR) is 65.8 cm³/mol. The Bertz CT molecular complexity index is 501. The third-order valence-electron chi connectivity index (χ3n) is 2.30. The summed E-state index contributed by atoms with van der Waals surface area (Å²) >= 11 is 1.66. The van der Waals surface area contributed by atoms with Crippen LogP contribution in [0.15, 0.2) is 35.7 Å². The van der Waals surface area contributed by atoms with Crippen LogP contribution in [0.4, 0.5) is 0 Å². The van der Waals surface area contributed by atoms with Crippen LogP contribution in [-0.4, -0.2) is 13.1 Å². The van der Waals surface area contributed by atoms with Crippen molar-refractivity contribution in [3.8, 4) is 10.4 Å². The van der Waals surface area contributed by atoms with Gasteiger partial charge in [-0.2, -0.15) is 0 Å². The van der Waals surface area contributed by atoms with Crippen molar-refractivity contribution in [3.63, 3.8) is 0 Å². The van der Waals surface area contributed by atoms with Gasteiger partial charge >= 0.3 is 5.97 Å². The molecule has 3 heteroatoms. The van der Waals surface area contributed by atoms with Gasteiger partial charge in [-0.05, 0) is 41.6 Å². The third kappa shape index (κ3) is 2.14. The molecule has 2 aromatic rings. The lowest BCUT2D eigenvalue weighted by molar-refractivity contribution is 0.0600. The monoisotopic (exact) mass is 232 g/mol. The SMILES string of the molecule is COC(=O)c1cc(C)cc(-c2cccs2)c1. The van der Waals surface area contributed by atoms with Gasteiger partial charge in [0.1, 0.15) is 0 Å². The van der Waals surface area contributed by atoms with Gasteiger partial charge in [0.15, 0.2) is 0 Å². The number of ether oxygens (including phenoxy) is 1. The average Bonchev–Trinajstić information content (AvgIpc) is 2.80. The van der Waals surface area contributed by atoms with Crippen LogP contribution in [0.5, 0.6) is 0 Å². The maximum atomic E-state index is 11.5. The highest BCUT2D eigenvalue weighted by Gasteiger charge is 2.08. The smallest absolute Gasteiger partial charge is 0.337 e. The number of carbonyl (C=O) groups excluding carboxylic acids is 1. The molecule has 0 saturated carbocycles. The summed E-state index contributed by atoms with van der Waals surface area (Å²) < 4.78 is 4.73. The van der Waals surface area contributed by atoms with E-state index in [9.17, 15) is 4.79 Å².